The Hall–Kier alpha value is -10.8. The van der Waals surface area contributed by atoms with E-state index in [0.29, 0.717) is 96.4 Å². The molecule has 18 rings (SSSR count). The van der Waals surface area contributed by atoms with E-state index in [0.717, 1.165) is 227 Å². The van der Waals surface area contributed by atoms with Crippen molar-refractivity contribution in [2.75, 3.05) is 172 Å². The highest BCUT2D eigenvalue weighted by atomic mass is 32.1. The second-order valence-corrected chi connectivity index (χ2v) is 33.2. The lowest BCUT2D eigenvalue weighted by atomic mass is 9.95. The number of carbonyl (C=O) groups excluding carboxylic acids is 5. The van der Waals surface area contributed by atoms with Crippen molar-refractivity contribution in [3.05, 3.63) is 143 Å². The van der Waals surface area contributed by atoms with Crippen molar-refractivity contribution in [2.24, 2.45) is 0 Å². The van der Waals surface area contributed by atoms with Crippen molar-refractivity contribution in [2.45, 2.75) is 85.6 Å². The van der Waals surface area contributed by atoms with Crippen LogP contribution in [0.5, 0.6) is 0 Å². The molecule has 15 heterocycles. The standard InChI is InChI=1S/C30H35N7O3S.C28H31N7O3S.C27H31N7O2S.2CH4/c1-2-3-5-21(38)8-9-27(39)36-12-10-35(11-13-36)20-22-18-26-28(41-22)30(37-14-16-40-17-15-37)33-29(32-26)23-6-4-7-25-24(23)19-31-34-25;1-2-24(36)29-9-6-25(37)34-10-7-18(8-11-34)23-16-22-26(39-23)28(35-12-14-38-15-13-35)32-27(31-22)19-4-3-5-21-20(19)17-30-33-21;1-2-24(35)33-11-9-32(10-12-33)8-4-5-19-17-23-25(37-19)27(34-13-15-36-16-14-34)30-26(29-23)20-6-3-7-22-21(20)18-28-31-22;;/h3-7,18-19H,2,8-17,20H2,1H3,(H,31,34);2-5,16-18H,1,6-15H2,(H,29,36)(H,30,33);2-3,6-7,17-18H,1,4-5,8-16H2,(H,28,31);2*1H4/b5-3+;;;;. The molecule has 0 saturated carbocycles. The van der Waals surface area contributed by atoms with E-state index in [1.165, 1.54) is 26.8 Å². The number of aromatic nitrogens is 12. The lowest BCUT2D eigenvalue weighted by Crippen LogP contribution is -2.48. The van der Waals surface area contributed by atoms with Crippen LogP contribution in [0.3, 0.4) is 0 Å². The molecule has 6 aliphatic rings. The van der Waals surface area contributed by atoms with Crippen molar-refractivity contribution in [1.29, 1.82) is 0 Å². The summed E-state index contributed by atoms with van der Waals surface area (Å²) in [4.78, 5) is 112. The number of morpholine rings is 3. The summed E-state index contributed by atoms with van der Waals surface area (Å²) in [5.41, 5.74) is 8.72. The number of H-pyrrole nitrogens is 3. The van der Waals surface area contributed by atoms with Gasteiger partial charge in [0, 0.05) is 185 Å². The number of fused-ring (bicyclic) bond motifs is 6. The highest BCUT2D eigenvalue weighted by molar-refractivity contribution is 7.20. The number of rotatable bonds is 23. The Morgan fingerprint density at radius 3 is 1.44 bits per heavy atom. The summed E-state index contributed by atoms with van der Waals surface area (Å²) in [7, 11) is 0. The minimum Gasteiger partial charge on any atom is -0.378 e. The summed E-state index contributed by atoms with van der Waals surface area (Å²) in [6.07, 6.45) is 17.1. The third-order valence-corrected chi connectivity index (χ3v) is 25.9. The zero-order valence-corrected chi connectivity index (χ0v) is 68.3. The van der Waals surface area contributed by atoms with Crippen LogP contribution in [0.1, 0.15) is 87.3 Å². The molecule has 0 unspecified atom stereocenters. The van der Waals surface area contributed by atoms with Gasteiger partial charge in [0.25, 0.3) is 0 Å². The van der Waals surface area contributed by atoms with E-state index in [4.69, 9.17) is 44.1 Å². The van der Waals surface area contributed by atoms with Crippen LogP contribution in [0.25, 0.3) is 97.5 Å². The van der Waals surface area contributed by atoms with Gasteiger partial charge in [0.05, 0.1) is 105 Å². The molecule has 0 bridgehead atoms. The molecule has 119 heavy (non-hydrogen) atoms. The number of benzene rings is 3. The molecule has 0 spiro atoms. The number of ether oxygens (including phenoxy) is 3. The highest BCUT2D eigenvalue weighted by Crippen LogP contribution is 2.43. The molecular formula is C87H105N21O8S3. The van der Waals surface area contributed by atoms with Crippen molar-refractivity contribution in [3.8, 4) is 34.2 Å². The molecule has 6 saturated heterocycles. The van der Waals surface area contributed by atoms with Crippen molar-refractivity contribution >= 4 is 144 Å². The zero-order valence-electron chi connectivity index (χ0n) is 65.9. The normalized spacial score (nSPS) is 16.5. The Labute approximate surface area is 703 Å². The fourth-order valence-corrected chi connectivity index (χ4v) is 19.5. The van der Waals surface area contributed by atoms with E-state index in [9.17, 15) is 24.0 Å². The molecular weight excluding hydrogens is 1560 g/mol. The number of anilines is 3. The van der Waals surface area contributed by atoms with E-state index in [1.54, 1.807) is 28.7 Å². The van der Waals surface area contributed by atoms with Crippen molar-refractivity contribution in [1.82, 2.24) is 90.3 Å². The fourth-order valence-electron chi connectivity index (χ4n) is 15.9. The Morgan fingerprint density at radius 1 is 0.504 bits per heavy atom. The number of nitrogens with zero attached hydrogens (tertiary/aromatic N) is 17. The van der Waals surface area contributed by atoms with Gasteiger partial charge in [-0.1, -0.05) is 77.4 Å². The van der Waals surface area contributed by atoms with E-state index in [-0.39, 0.29) is 57.1 Å². The van der Waals surface area contributed by atoms with Gasteiger partial charge in [-0.25, -0.2) is 29.9 Å². The first-order chi connectivity index (χ1) is 57.4. The van der Waals surface area contributed by atoms with Gasteiger partial charge >= 0.3 is 0 Å². The van der Waals surface area contributed by atoms with Crippen molar-refractivity contribution in [3.63, 3.8) is 0 Å². The lowest BCUT2D eigenvalue weighted by Gasteiger charge is -2.34. The number of ketones is 1. The second-order valence-electron chi connectivity index (χ2n) is 29.8. The minimum atomic E-state index is -0.254. The van der Waals surface area contributed by atoms with Crippen LogP contribution in [-0.4, -0.2) is 272 Å². The van der Waals surface area contributed by atoms with Crippen LogP contribution in [0.15, 0.2) is 129 Å². The van der Waals surface area contributed by atoms with Gasteiger partial charge in [-0.3, -0.25) is 49.1 Å². The summed E-state index contributed by atoms with van der Waals surface area (Å²) in [5, 5.41) is 27.5. The van der Waals surface area contributed by atoms with Gasteiger partial charge in [0.1, 0.15) is 0 Å². The van der Waals surface area contributed by atoms with Crippen LogP contribution >= 0.6 is 34.0 Å². The van der Waals surface area contributed by atoms with E-state index in [1.807, 2.05) is 106 Å². The highest BCUT2D eigenvalue weighted by Gasteiger charge is 2.31. The Kier molecular flexibility index (Phi) is 28.3. The summed E-state index contributed by atoms with van der Waals surface area (Å²) < 4.78 is 20.2. The third-order valence-electron chi connectivity index (χ3n) is 22.3. The molecule has 29 nitrogen and oxygen atoms in total. The molecule has 0 radical (unpaired) electrons. The average Bonchev–Trinajstić information content (AvgIpc) is 1.65. The first-order valence-corrected chi connectivity index (χ1v) is 43.0. The van der Waals surface area contributed by atoms with Crippen LogP contribution in [-0.2, 0) is 51.1 Å². The van der Waals surface area contributed by atoms with Gasteiger partial charge in [-0.15, -0.1) is 34.0 Å². The van der Waals surface area contributed by atoms with Gasteiger partial charge in [0.15, 0.2) is 40.7 Å². The molecule has 4 N–H and O–H groups in total. The Bertz CT molecular complexity index is 5570. The molecule has 3 aromatic carbocycles. The van der Waals surface area contributed by atoms with Gasteiger partial charge in [-0.2, -0.15) is 15.3 Å². The Balaban J connectivity index is 0.000000145. The zero-order chi connectivity index (χ0) is 80.1. The number of aryl methyl sites for hydroxylation is 1. The van der Waals surface area contributed by atoms with Gasteiger partial charge < -0.3 is 48.9 Å². The number of thiophene rings is 3. The number of piperazine rings is 2. The SMILES string of the molecule is C.C.C=CC(=O)N1CCN(CCCc2cc3nc(-c4cccc5[nH]ncc45)nc(N4CCOCC4)c3s2)CC1.C=CC(=O)NCCC(=O)N1CCC(c2cc3nc(-c4cccc5[nH]ncc45)nc(N4CCOCC4)c3s2)CC1.CC/C=C/C(=O)CCC(=O)N1CCN(Cc2cc3nc(-c4cccc5[nH]ncc45)nc(N4CCOCC4)c3s2)CC1. The third kappa shape index (κ3) is 19.9. The van der Waals surface area contributed by atoms with Crippen molar-refractivity contribution < 1.29 is 38.2 Å². The van der Waals surface area contributed by atoms with E-state index >= 15 is 0 Å². The number of amides is 4. The lowest BCUT2D eigenvalue weighted by molar-refractivity contribution is -0.134. The van der Waals surface area contributed by atoms with Crippen LogP contribution in [0.2, 0.25) is 0 Å². The number of carbonyl (C=O) groups is 5. The maximum absolute atomic E-state index is 12.7. The average molecular weight is 1670 g/mol. The predicted octanol–water partition coefficient (Wildman–Crippen LogP) is 12.1. The number of aromatic amines is 3. The number of hydrogen-bond acceptors (Lipinski definition) is 25. The monoisotopic (exact) mass is 1670 g/mol. The molecule has 0 atom stereocenters. The van der Waals surface area contributed by atoms with Crippen LogP contribution < -0.4 is 20.0 Å². The maximum atomic E-state index is 12.7. The smallest absolute Gasteiger partial charge is 0.246 e. The summed E-state index contributed by atoms with van der Waals surface area (Å²) in [6, 6.07) is 24.9. The van der Waals surface area contributed by atoms with Gasteiger partial charge in [-0.05, 0) is 99.2 Å². The second kappa shape index (κ2) is 39.8. The molecule has 12 aromatic rings. The molecule has 6 aliphatic heterocycles. The Morgan fingerprint density at radius 2 is 0.950 bits per heavy atom. The maximum Gasteiger partial charge on any atom is 0.246 e. The quantitative estimate of drug-likeness (QED) is 0.0432. The molecule has 9 aromatic heterocycles. The number of piperidine rings is 1. The molecule has 6 fully saturated rings. The molecule has 0 aliphatic carbocycles. The molecule has 32 heteroatoms. The number of nitrogens with one attached hydrogen (secondary N) is 4. The largest absolute Gasteiger partial charge is 0.378 e. The molecule has 624 valence electrons. The number of allylic oxidation sites excluding steroid dienone is 2. The first-order valence-electron chi connectivity index (χ1n) is 40.6. The summed E-state index contributed by atoms with van der Waals surface area (Å²) in [5.74, 6) is 5.37. The van der Waals surface area contributed by atoms with Crippen LogP contribution in [0.4, 0.5) is 17.5 Å². The topological polar surface area (TPSA) is 314 Å². The predicted molar refractivity (Wildman–Crippen MR) is 474 cm³/mol. The van der Waals surface area contributed by atoms with E-state index in [2.05, 4.69) is 97.8 Å². The molecule has 4 amide bonds. The van der Waals surface area contributed by atoms with Crippen LogP contribution in [0, 0.1) is 0 Å². The van der Waals surface area contributed by atoms with Gasteiger partial charge in [0.2, 0.25) is 23.6 Å². The van der Waals surface area contributed by atoms with E-state index < -0.39 is 0 Å². The fraction of sp³-hybridized carbons (Fsp3) is 0.425. The number of hydrogen-bond donors (Lipinski definition) is 4. The minimum absolute atomic E-state index is 0. The summed E-state index contributed by atoms with van der Waals surface area (Å²) in [6.45, 7) is 28.0. The number of likely N-dealkylation sites (tertiary alicyclic amines) is 1. The summed E-state index contributed by atoms with van der Waals surface area (Å²) >= 11 is 5.34. The first kappa shape index (κ1) is 84.6.